The van der Waals surface area contributed by atoms with E-state index >= 15 is 0 Å². The van der Waals surface area contributed by atoms with Gasteiger partial charge in [-0.25, -0.2) is 0 Å². The van der Waals surface area contributed by atoms with Gasteiger partial charge in [-0.15, -0.1) is 0 Å². The highest BCUT2D eigenvalue weighted by atomic mass is 35.5. The van der Waals surface area contributed by atoms with Gasteiger partial charge in [-0.1, -0.05) is 23.7 Å². The molecule has 1 aliphatic heterocycles. The van der Waals surface area contributed by atoms with Crippen molar-refractivity contribution in [1.82, 2.24) is 10.2 Å². The molecule has 1 aromatic rings. The Morgan fingerprint density at radius 2 is 1.95 bits per heavy atom. The molecule has 5 heteroatoms. The average Bonchev–Trinajstić information content (AvgIpc) is 2.61. The fourth-order valence-corrected chi connectivity index (χ4v) is 2.70. The van der Waals surface area contributed by atoms with Crippen molar-refractivity contribution in [3.8, 4) is 0 Å². The fourth-order valence-electron chi connectivity index (χ4n) is 2.57. The monoisotopic (exact) mass is 308 g/mol. The lowest BCUT2D eigenvalue weighted by Gasteiger charge is -2.34. The van der Waals surface area contributed by atoms with Crippen LogP contribution in [0.5, 0.6) is 0 Å². The van der Waals surface area contributed by atoms with Crippen LogP contribution >= 0.6 is 11.6 Å². The van der Waals surface area contributed by atoms with E-state index in [-0.39, 0.29) is 11.8 Å². The molecular formula is C16H21ClN2O2. The second-order valence-electron chi connectivity index (χ2n) is 5.95. The first kappa shape index (κ1) is 15.8. The molecule has 1 aliphatic rings. The molecule has 0 aliphatic carbocycles. The molecule has 114 valence electrons. The number of amides is 2. The zero-order valence-corrected chi connectivity index (χ0v) is 13.4. The van der Waals surface area contributed by atoms with Crippen LogP contribution < -0.4 is 5.32 Å². The first-order chi connectivity index (χ1) is 9.84. The van der Waals surface area contributed by atoms with Gasteiger partial charge < -0.3 is 10.2 Å². The van der Waals surface area contributed by atoms with Crippen LogP contribution in [0.15, 0.2) is 24.3 Å². The summed E-state index contributed by atoms with van der Waals surface area (Å²) in [5.41, 5.74) is 0.206. The maximum absolute atomic E-state index is 12.9. The summed E-state index contributed by atoms with van der Waals surface area (Å²) in [6, 6.07) is 6.85. The Morgan fingerprint density at radius 3 is 2.57 bits per heavy atom. The van der Waals surface area contributed by atoms with Crippen LogP contribution in [0.3, 0.4) is 0 Å². The highest BCUT2D eigenvalue weighted by molar-refractivity contribution is 6.30. The summed E-state index contributed by atoms with van der Waals surface area (Å²) in [6.45, 7) is 6.75. The van der Waals surface area contributed by atoms with Gasteiger partial charge in [0.25, 0.3) is 0 Å². The summed E-state index contributed by atoms with van der Waals surface area (Å²) in [6.07, 6.45) is 0.776. The summed E-state index contributed by atoms with van der Waals surface area (Å²) in [5, 5.41) is 3.47. The molecule has 1 atom stereocenters. The second-order valence-corrected chi connectivity index (χ2v) is 6.39. The minimum absolute atomic E-state index is 0.0330. The van der Waals surface area contributed by atoms with Gasteiger partial charge in [0.2, 0.25) is 11.8 Å². The van der Waals surface area contributed by atoms with Gasteiger partial charge in [0.1, 0.15) is 6.04 Å². The Hall–Kier alpha value is -1.55. The molecule has 1 heterocycles. The predicted molar refractivity (Wildman–Crippen MR) is 83.3 cm³/mol. The highest BCUT2D eigenvalue weighted by Crippen LogP contribution is 2.28. The maximum Gasteiger partial charge on any atom is 0.242 e. The van der Waals surface area contributed by atoms with Crippen molar-refractivity contribution in [3.63, 3.8) is 0 Å². The largest absolute Gasteiger partial charge is 0.354 e. The molecule has 0 saturated carbocycles. The van der Waals surface area contributed by atoms with Gasteiger partial charge in [0.15, 0.2) is 0 Å². The number of nitrogens with one attached hydrogen (secondary N) is 1. The molecule has 2 rings (SSSR count). The minimum atomic E-state index is -0.691. The van der Waals surface area contributed by atoms with E-state index in [4.69, 9.17) is 11.6 Å². The summed E-state index contributed by atoms with van der Waals surface area (Å²) in [5.74, 6) is -0.123. The second kappa shape index (κ2) is 6.06. The SMILES string of the molecule is CC1C(=O)NCCCN1C(=O)C(C)(C)c1ccc(Cl)cc1. The molecule has 2 amide bonds. The highest BCUT2D eigenvalue weighted by Gasteiger charge is 2.38. The normalized spacial score (nSPS) is 19.9. The lowest BCUT2D eigenvalue weighted by molar-refractivity contribution is -0.142. The third-order valence-corrected chi connectivity index (χ3v) is 4.34. The third kappa shape index (κ3) is 3.21. The van der Waals surface area contributed by atoms with E-state index in [0.29, 0.717) is 18.1 Å². The van der Waals surface area contributed by atoms with Crippen molar-refractivity contribution < 1.29 is 9.59 Å². The van der Waals surface area contributed by atoms with Crippen LogP contribution in [0.4, 0.5) is 0 Å². The van der Waals surface area contributed by atoms with Crippen LogP contribution in [0.25, 0.3) is 0 Å². The molecule has 0 aromatic heterocycles. The lowest BCUT2D eigenvalue weighted by Crippen LogP contribution is -2.51. The number of carbonyl (C=O) groups is 2. The number of hydrogen-bond acceptors (Lipinski definition) is 2. The van der Waals surface area contributed by atoms with Crippen molar-refractivity contribution in [3.05, 3.63) is 34.9 Å². The Morgan fingerprint density at radius 1 is 1.33 bits per heavy atom. The zero-order valence-electron chi connectivity index (χ0n) is 12.6. The van der Waals surface area contributed by atoms with E-state index < -0.39 is 11.5 Å². The van der Waals surface area contributed by atoms with E-state index in [0.717, 1.165) is 12.0 Å². The molecule has 21 heavy (non-hydrogen) atoms. The maximum atomic E-state index is 12.9. The van der Waals surface area contributed by atoms with E-state index in [1.54, 1.807) is 24.0 Å². The number of carbonyl (C=O) groups excluding carboxylic acids is 2. The molecule has 0 radical (unpaired) electrons. The number of hydrogen-bond donors (Lipinski definition) is 1. The van der Waals surface area contributed by atoms with Crippen LogP contribution in [-0.2, 0) is 15.0 Å². The molecule has 4 nitrogen and oxygen atoms in total. The fraction of sp³-hybridized carbons (Fsp3) is 0.500. The Labute approximate surface area is 130 Å². The van der Waals surface area contributed by atoms with Crippen LogP contribution in [-0.4, -0.2) is 35.8 Å². The molecule has 1 aromatic carbocycles. The smallest absolute Gasteiger partial charge is 0.242 e. The van der Waals surface area contributed by atoms with Gasteiger partial charge in [0, 0.05) is 18.1 Å². The van der Waals surface area contributed by atoms with Crippen molar-refractivity contribution in [1.29, 1.82) is 0 Å². The van der Waals surface area contributed by atoms with E-state index in [1.807, 2.05) is 26.0 Å². The standard InChI is InChI=1S/C16H21ClN2O2/c1-11-14(20)18-9-4-10-19(11)15(21)16(2,3)12-5-7-13(17)8-6-12/h5-8,11H,4,9-10H2,1-3H3,(H,18,20). The number of nitrogens with zero attached hydrogens (tertiary/aromatic N) is 1. The van der Waals surface area contributed by atoms with Gasteiger partial charge in [-0.3, -0.25) is 9.59 Å². The first-order valence-electron chi connectivity index (χ1n) is 7.19. The third-order valence-electron chi connectivity index (χ3n) is 4.08. The van der Waals surface area contributed by atoms with E-state index in [9.17, 15) is 9.59 Å². The summed E-state index contributed by atoms with van der Waals surface area (Å²) < 4.78 is 0. The van der Waals surface area contributed by atoms with Gasteiger partial charge in [0.05, 0.1) is 5.41 Å². The van der Waals surface area contributed by atoms with Crippen molar-refractivity contribution in [2.24, 2.45) is 0 Å². The molecule has 1 unspecified atom stereocenters. The van der Waals surface area contributed by atoms with Crippen molar-refractivity contribution in [2.45, 2.75) is 38.6 Å². The van der Waals surface area contributed by atoms with E-state index in [2.05, 4.69) is 5.32 Å². The summed E-state index contributed by atoms with van der Waals surface area (Å²) >= 11 is 5.91. The minimum Gasteiger partial charge on any atom is -0.354 e. The van der Waals surface area contributed by atoms with Crippen molar-refractivity contribution in [2.75, 3.05) is 13.1 Å². The molecule has 1 fully saturated rings. The van der Waals surface area contributed by atoms with Gasteiger partial charge in [-0.05, 0) is 44.9 Å². The molecule has 1 N–H and O–H groups in total. The lowest BCUT2D eigenvalue weighted by atomic mass is 9.83. The predicted octanol–water partition coefficient (Wildman–Crippen LogP) is 2.35. The van der Waals surface area contributed by atoms with E-state index in [1.165, 1.54) is 0 Å². The van der Waals surface area contributed by atoms with Crippen LogP contribution in [0, 0.1) is 0 Å². The Balaban J connectivity index is 2.28. The Bertz CT molecular complexity index is 540. The zero-order chi connectivity index (χ0) is 15.6. The quantitative estimate of drug-likeness (QED) is 0.912. The molecule has 0 spiro atoms. The number of benzene rings is 1. The van der Waals surface area contributed by atoms with Crippen molar-refractivity contribution >= 4 is 23.4 Å². The van der Waals surface area contributed by atoms with Crippen LogP contribution in [0.1, 0.15) is 32.8 Å². The van der Waals surface area contributed by atoms with Crippen LogP contribution in [0.2, 0.25) is 5.02 Å². The summed E-state index contributed by atoms with van der Waals surface area (Å²) in [7, 11) is 0. The number of halogens is 1. The number of rotatable bonds is 2. The molecule has 0 bridgehead atoms. The molecular weight excluding hydrogens is 288 g/mol. The topological polar surface area (TPSA) is 49.4 Å². The average molecular weight is 309 g/mol. The molecule has 1 saturated heterocycles. The van der Waals surface area contributed by atoms with Gasteiger partial charge in [-0.2, -0.15) is 0 Å². The summed E-state index contributed by atoms with van der Waals surface area (Å²) in [4.78, 5) is 26.5. The first-order valence-corrected chi connectivity index (χ1v) is 7.56. The Kier molecular flexibility index (Phi) is 4.57. The van der Waals surface area contributed by atoms with Gasteiger partial charge >= 0.3 is 0 Å².